The Kier molecular flexibility index (Phi) is 4.50. The molecule has 0 saturated heterocycles. The summed E-state index contributed by atoms with van der Waals surface area (Å²) >= 11 is 0. The van der Waals surface area contributed by atoms with E-state index in [1.54, 1.807) is 0 Å². The first kappa shape index (κ1) is 18.0. The highest BCUT2D eigenvalue weighted by Crippen LogP contribution is 2.35. The van der Waals surface area contributed by atoms with Crippen LogP contribution < -0.4 is 0 Å². The fourth-order valence-corrected chi connectivity index (χ4v) is 1.98. The van der Waals surface area contributed by atoms with Crippen LogP contribution in [0.15, 0.2) is 0 Å². The van der Waals surface area contributed by atoms with E-state index in [4.69, 9.17) is 25.5 Å². The molecule has 0 fully saturated rings. The fraction of sp³-hybridized carbons (Fsp3) is 0. The van der Waals surface area contributed by atoms with E-state index in [-0.39, 0.29) is 0 Å². The smallest absolute Gasteiger partial charge is 0.343 e. The van der Waals surface area contributed by atoms with Crippen LogP contribution in [0.5, 0.6) is 0 Å². The van der Waals surface area contributed by atoms with Crippen LogP contribution in [0.4, 0.5) is 5.69 Å². The monoisotopic (exact) mass is 343 g/mol. The Morgan fingerprint density at radius 1 is 0.583 bits per heavy atom. The minimum Gasteiger partial charge on any atom is -0.478 e. The summed E-state index contributed by atoms with van der Waals surface area (Å²) in [5.74, 6) is -11.5. The van der Waals surface area contributed by atoms with Crippen LogP contribution in [-0.2, 0) is 0 Å². The summed E-state index contributed by atoms with van der Waals surface area (Å²) in [6.45, 7) is 0. The van der Waals surface area contributed by atoms with Crippen molar-refractivity contribution in [2.24, 2.45) is 0 Å². The Bertz CT molecular complexity index is 638. The molecule has 0 heterocycles. The Morgan fingerprint density at radius 2 is 0.792 bits per heavy atom. The SMILES string of the molecule is O=C(O)c1c(C(=O)O)c(C(=O)O)c([N+](=O)[O-])c(C(=O)O)c1C(=O)O. The van der Waals surface area contributed by atoms with Gasteiger partial charge in [0.1, 0.15) is 0 Å². The van der Waals surface area contributed by atoms with E-state index >= 15 is 0 Å². The summed E-state index contributed by atoms with van der Waals surface area (Å²) in [5.41, 5.74) is -10.5. The molecule has 13 nitrogen and oxygen atoms in total. The summed E-state index contributed by atoms with van der Waals surface area (Å²) in [5, 5.41) is 56.0. The highest BCUT2D eigenvalue weighted by Gasteiger charge is 2.43. The van der Waals surface area contributed by atoms with E-state index in [2.05, 4.69) is 0 Å². The second-order valence-electron chi connectivity index (χ2n) is 4.01. The highest BCUT2D eigenvalue weighted by atomic mass is 16.6. The molecule has 5 N–H and O–H groups in total. The van der Waals surface area contributed by atoms with Crippen molar-refractivity contribution in [3.05, 3.63) is 37.9 Å². The van der Waals surface area contributed by atoms with E-state index in [1.165, 1.54) is 0 Å². The number of nitrogens with zero attached hydrogens (tertiary/aromatic N) is 1. The number of rotatable bonds is 6. The number of hydrogen-bond donors (Lipinski definition) is 5. The molecule has 0 amide bonds. The van der Waals surface area contributed by atoms with Crippen molar-refractivity contribution in [3.63, 3.8) is 0 Å². The predicted molar refractivity (Wildman–Crippen MR) is 67.9 cm³/mol. The Hall–Kier alpha value is -4.03. The lowest BCUT2D eigenvalue weighted by Gasteiger charge is -2.13. The first-order valence-corrected chi connectivity index (χ1v) is 5.48. The Morgan fingerprint density at radius 3 is 0.958 bits per heavy atom. The molecule has 1 aromatic carbocycles. The van der Waals surface area contributed by atoms with Crippen molar-refractivity contribution < 1.29 is 54.4 Å². The molecule has 1 rings (SSSR count). The largest absolute Gasteiger partial charge is 0.478 e. The van der Waals surface area contributed by atoms with E-state index in [0.29, 0.717) is 0 Å². The maximum absolute atomic E-state index is 11.2. The first-order chi connectivity index (χ1) is 10.9. The molecule has 0 aromatic heterocycles. The van der Waals surface area contributed by atoms with Gasteiger partial charge in [0.2, 0.25) is 0 Å². The number of nitro groups is 1. The van der Waals surface area contributed by atoms with Crippen LogP contribution in [0.25, 0.3) is 0 Å². The molecular weight excluding hydrogens is 338 g/mol. The average Bonchev–Trinajstić information content (AvgIpc) is 2.42. The third-order valence-electron chi connectivity index (χ3n) is 2.73. The van der Waals surface area contributed by atoms with Crippen LogP contribution in [0.1, 0.15) is 51.8 Å². The maximum atomic E-state index is 11.2. The minimum atomic E-state index is -2.32. The number of aromatic carboxylic acids is 5. The quantitative estimate of drug-likeness (QED) is 0.341. The highest BCUT2D eigenvalue weighted by molar-refractivity contribution is 6.20. The van der Waals surface area contributed by atoms with Gasteiger partial charge < -0.3 is 25.5 Å². The molecule has 0 unspecified atom stereocenters. The van der Waals surface area contributed by atoms with Gasteiger partial charge in [-0.15, -0.1) is 0 Å². The molecule has 0 aliphatic rings. The molecule has 0 aliphatic heterocycles. The zero-order chi connectivity index (χ0) is 18.9. The summed E-state index contributed by atoms with van der Waals surface area (Å²) in [7, 11) is 0. The number of hydrogen-bond acceptors (Lipinski definition) is 7. The van der Waals surface area contributed by atoms with E-state index < -0.39 is 68.3 Å². The zero-order valence-corrected chi connectivity index (χ0v) is 11.0. The molecule has 0 radical (unpaired) electrons. The molecule has 13 heteroatoms. The lowest BCUT2D eigenvalue weighted by atomic mass is 9.89. The normalized spacial score (nSPS) is 10.0. The first-order valence-electron chi connectivity index (χ1n) is 5.48. The van der Waals surface area contributed by atoms with E-state index in [9.17, 15) is 34.1 Å². The van der Waals surface area contributed by atoms with Gasteiger partial charge in [0.15, 0.2) is 11.1 Å². The van der Waals surface area contributed by atoms with Gasteiger partial charge in [-0.3, -0.25) is 10.1 Å². The van der Waals surface area contributed by atoms with Gasteiger partial charge in [0, 0.05) is 0 Å². The molecule has 24 heavy (non-hydrogen) atoms. The summed E-state index contributed by atoms with van der Waals surface area (Å²) in [6, 6.07) is 0. The molecule has 0 saturated carbocycles. The molecular formula is C11H5NO12. The lowest BCUT2D eigenvalue weighted by Crippen LogP contribution is -2.25. The summed E-state index contributed by atoms with van der Waals surface area (Å²) < 4.78 is 0. The van der Waals surface area contributed by atoms with Crippen molar-refractivity contribution in [3.8, 4) is 0 Å². The molecule has 126 valence electrons. The zero-order valence-electron chi connectivity index (χ0n) is 11.0. The lowest BCUT2D eigenvalue weighted by molar-refractivity contribution is -0.385. The fourth-order valence-electron chi connectivity index (χ4n) is 1.98. The van der Waals surface area contributed by atoms with Crippen molar-refractivity contribution in [2.45, 2.75) is 0 Å². The predicted octanol–water partition coefficient (Wildman–Crippen LogP) is 0.0858. The molecule has 1 aromatic rings. The maximum Gasteiger partial charge on any atom is 0.343 e. The third-order valence-corrected chi connectivity index (χ3v) is 2.73. The van der Waals surface area contributed by atoms with Gasteiger partial charge in [-0.2, -0.15) is 0 Å². The number of carboxylic acid groups (broad SMARTS) is 5. The summed E-state index contributed by atoms with van der Waals surface area (Å²) in [4.78, 5) is 65.4. The van der Waals surface area contributed by atoms with Crippen molar-refractivity contribution in [1.82, 2.24) is 0 Å². The van der Waals surface area contributed by atoms with Crippen LogP contribution in [0.2, 0.25) is 0 Å². The van der Waals surface area contributed by atoms with Crippen LogP contribution in [0.3, 0.4) is 0 Å². The average molecular weight is 343 g/mol. The number of carboxylic acids is 5. The van der Waals surface area contributed by atoms with Crippen molar-refractivity contribution >= 4 is 35.5 Å². The van der Waals surface area contributed by atoms with Gasteiger partial charge in [0.05, 0.1) is 21.6 Å². The van der Waals surface area contributed by atoms with E-state index in [0.717, 1.165) is 0 Å². The van der Waals surface area contributed by atoms with Gasteiger partial charge in [-0.1, -0.05) is 0 Å². The van der Waals surface area contributed by atoms with Crippen LogP contribution in [-0.4, -0.2) is 60.3 Å². The third kappa shape index (κ3) is 2.68. The molecule has 0 spiro atoms. The second-order valence-corrected chi connectivity index (χ2v) is 4.01. The number of nitro benzene ring substituents is 1. The standard InChI is InChI=1S/C11H5NO12/c13-7(14)1-2(8(15)16)4(10(19)20)6(12(23)24)5(11(21)22)3(1)9(17)18/h(H,13,14)(H,15,16)(H,17,18)(H,19,20)(H,21,22). The van der Waals surface area contributed by atoms with Gasteiger partial charge in [-0.05, 0) is 0 Å². The Labute approximate surface area is 129 Å². The van der Waals surface area contributed by atoms with Crippen LogP contribution >= 0.6 is 0 Å². The van der Waals surface area contributed by atoms with Crippen molar-refractivity contribution in [1.29, 1.82) is 0 Å². The number of carbonyl (C=O) groups is 5. The number of benzene rings is 1. The van der Waals surface area contributed by atoms with Gasteiger partial charge in [0.25, 0.3) is 5.69 Å². The molecule has 0 atom stereocenters. The van der Waals surface area contributed by atoms with E-state index in [1.807, 2.05) is 0 Å². The molecule has 0 aliphatic carbocycles. The minimum absolute atomic E-state index is 1.61. The molecule has 0 bridgehead atoms. The second kappa shape index (κ2) is 5.99. The van der Waals surface area contributed by atoms with Crippen LogP contribution in [0, 0.1) is 10.1 Å². The van der Waals surface area contributed by atoms with Gasteiger partial charge in [-0.25, -0.2) is 24.0 Å². The van der Waals surface area contributed by atoms with Gasteiger partial charge >= 0.3 is 29.8 Å². The topological polar surface area (TPSA) is 230 Å². The summed E-state index contributed by atoms with van der Waals surface area (Å²) in [6.07, 6.45) is 0. The Balaban J connectivity index is 4.50. The van der Waals surface area contributed by atoms with Crippen molar-refractivity contribution in [2.75, 3.05) is 0 Å².